The van der Waals surface area contributed by atoms with Crippen molar-refractivity contribution in [2.45, 2.75) is 0 Å². The molecule has 17 heavy (non-hydrogen) atoms. The van der Waals surface area contributed by atoms with Gasteiger partial charge in [-0.3, -0.25) is 0 Å². The molecule has 0 amide bonds. The van der Waals surface area contributed by atoms with Gasteiger partial charge in [-0.05, 0) is 24.7 Å². The van der Waals surface area contributed by atoms with Crippen molar-refractivity contribution in [3.63, 3.8) is 0 Å². The van der Waals surface area contributed by atoms with Crippen LogP contribution in [0.3, 0.4) is 0 Å². The van der Waals surface area contributed by atoms with Crippen LogP contribution < -0.4 is 10.6 Å². The summed E-state index contributed by atoms with van der Waals surface area (Å²) in [7, 11) is 2.18. The molecule has 0 unspecified atom stereocenters. The molecule has 1 saturated heterocycles. The lowest BCUT2D eigenvalue weighted by molar-refractivity contribution is 0.313. The Hall–Kier alpha value is -1.32. The van der Waals surface area contributed by atoms with Crippen molar-refractivity contribution >= 4 is 11.8 Å². The van der Waals surface area contributed by atoms with Gasteiger partial charge >= 0.3 is 0 Å². The number of nitrogens with zero attached hydrogens (tertiary/aromatic N) is 2. The van der Waals surface area contributed by atoms with Crippen molar-refractivity contribution in [3.8, 4) is 0 Å². The highest BCUT2D eigenvalue weighted by Crippen LogP contribution is 2.18. The van der Waals surface area contributed by atoms with Crippen molar-refractivity contribution in [2.24, 2.45) is 5.73 Å². The van der Waals surface area contributed by atoms with Crippen LogP contribution in [0.2, 0.25) is 0 Å². The second-order valence-corrected chi connectivity index (χ2v) is 4.52. The van der Waals surface area contributed by atoms with Crippen molar-refractivity contribution in [1.82, 2.24) is 4.90 Å². The Morgan fingerprint density at radius 1 is 1.24 bits per heavy atom. The highest BCUT2D eigenvalue weighted by molar-refractivity contribution is 5.58. The molecule has 2 N–H and O–H groups in total. The lowest BCUT2D eigenvalue weighted by atomic mass is 10.1. The Labute approximate surface area is 104 Å². The molecule has 1 aliphatic rings. The molecule has 2 rings (SSSR count). The SMILES string of the molecule is CN1CCN(c2cccc(/C=C/CN)c2)CC1. The van der Waals surface area contributed by atoms with E-state index in [0.717, 1.165) is 26.2 Å². The van der Waals surface area contributed by atoms with Crippen LogP contribution in [0.5, 0.6) is 0 Å². The van der Waals surface area contributed by atoms with Crippen LogP contribution >= 0.6 is 0 Å². The van der Waals surface area contributed by atoms with Crippen LogP contribution in [-0.4, -0.2) is 44.7 Å². The Balaban J connectivity index is 2.07. The summed E-state index contributed by atoms with van der Waals surface area (Å²) in [5, 5.41) is 0. The summed E-state index contributed by atoms with van der Waals surface area (Å²) < 4.78 is 0. The molecule has 92 valence electrons. The standard InChI is InChI=1S/C14H21N3/c1-16-8-10-17(11-9-16)14-6-2-4-13(12-14)5-3-7-15/h2-6,12H,7-11,15H2,1H3/b5-3+. The molecular formula is C14H21N3. The molecule has 1 aromatic carbocycles. The zero-order chi connectivity index (χ0) is 12.1. The Bertz CT molecular complexity index is 379. The van der Waals surface area contributed by atoms with E-state index in [1.54, 1.807) is 0 Å². The predicted molar refractivity (Wildman–Crippen MR) is 74.2 cm³/mol. The highest BCUT2D eigenvalue weighted by Gasteiger charge is 2.13. The molecule has 0 atom stereocenters. The molecule has 1 heterocycles. The maximum atomic E-state index is 5.47. The molecule has 3 nitrogen and oxygen atoms in total. The van der Waals surface area contributed by atoms with Gasteiger partial charge in [0, 0.05) is 38.4 Å². The third-order valence-corrected chi connectivity index (χ3v) is 3.19. The van der Waals surface area contributed by atoms with Gasteiger partial charge < -0.3 is 15.5 Å². The number of benzene rings is 1. The molecular weight excluding hydrogens is 210 g/mol. The molecule has 0 radical (unpaired) electrons. The summed E-state index contributed by atoms with van der Waals surface area (Å²) in [6.07, 6.45) is 4.07. The van der Waals surface area contributed by atoms with Crippen LogP contribution in [0.1, 0.15) is 5.56 Å². The van der Waals surface area contributed by atoms with Gasteiger partial charge in [0.2, 0.25) is 0 Å². The second-order valence-electron chi connectivity index (χ2n) is 4.52. The molecule has 1 fully saturated rings. The number of rotatable bonds is 3. The molecule has 0 bridgehead atoms. The minimum atomic E-state index is 0.596. The minimum Gasteiger partial charge on any atom is -0.369 e. The first-order valence-corrected chi connectivity index (χ1v) is 6.20. The summed E-state index contributed by atoms with van der Waals surface area (Å²) in [5.41, 5.74) is 8.02. The second kappa shape index (κ2) is 5.84. The van der Waals surface area contributed by atoms with Crippen molar-refractivity contribution in [2.75, 3.05) is 44.7 Å². The smallest absolute Gasteiger partial charge is 0.0373 e. The van der Waals surface area contributed by atoms with E-state index >= 15 is 0 Å². The normalized spacial score (nSPS) is 17.9. The molecule has 1 aliphatic heterocycles. The van der Waals surface area contributed by atoms with Gasteiger partial charge in [0.1, 0.15) is 0 Å². The molecule has 3 heteroatoms. The van der Waals surface area contributed by atoms with E-state index in [2.05, 4.69) is 47.2 Å². The molecule has 0 aromatic heterocycles. The average molecular weight is 231 g/mol. The number of hydrogen-bond donors (Lipinski definition) is 1. The van der Waals surface area contributed by atoms with Crippen LogP contribution in [0.4, 0.5) is 5.69 Å². The van der Waals surface area contributed by atoms with Crippen LogP contribution in [-0.2, 0) is 0 Å². The van der Waals surface area contributed by atoms with E-state index in [1.807, 2.05) is 6.08 Å². The summed E-state index contributed by atoms with van der Waals surface area (Å²) in [5.74, 6) is 0. The number of hydrogen-bond acceptors (Lipinski definition) is 3. The molecule has 0 spiro atoms. The van der Waals surface area contributed by atoms with Gasteiger partial charge in [-0.2, -0.15) is 0 Å². The first-order chi connectivity index (χ1) is 8.29. The van der Waals surface area contributed by atoms with E-state index in [0.29, 0.717) is 6.54 Å². The Kier molecular flexibility index (Phi) is 4.18. The summed E-state index contributed by atoms with van der Waals surface area (Å²) in [4.78, 5) is 4.81. The van der Waals surface area contributed by atoms with Gasteiger partial charge in [-0.25, -0.2) is 0 Å². The number of likely N-dealkylation sites (N-methyl/N-ethyl adjacent to an activating group) is 1. The molecule has 0 saturated carbocycles. The van der Waals surface area contributed by atoms with Crippen LogP contribution in [0.25, 0.3) is 6.08 Å². The summed E-state index contributed by atoms with van der Waals surface area (Å²) in [6.45, 7) is 5.10. The maximum absolute atomic E-state index is 5.47. The van der Waals surface area contributed by atoms with Gasteiger partial charge in [0.25, 0.3) is 0 Å². The molecule has 1 aromatic rings. The van der Waals surface area contributed by atoms with E-state index in [9.17, 15) is 0 Å². The third-order valence-electron chi connectivity index (χ3n) is 3.19. The third kappa shape index (κ3) is 3.32. The first kappa shape index (κ1) is 12.1. The van der Waals surface area contributed by atoms with Crippen molar-refractivity contribution in [3.05, 3.63) is 35.9 Å². The van der Waals surface area contributed by atoms with Crippen molar-refractivity contribution < 1.29 is 0 Å². The lowest BCUT2D eigenvalue weighted by Crippen LogP contribution is -2.44. The zero-order valence-electron chi connectivity index (χ0n) is 10.5. The fraction of sp³-hybridized carbons (Fsp3) is 0.429. The van der Waals surface area contributed by atoms with E-state index in [-0.39, 0.29) is 0 Å². The predicted octanol–water partition coefficient (Wildman–Crippen LogP) is 1.41. The van der Waals surface area contributed by atoms with Gasteiger partial charge in [0.15, 0.2) is 0 Å². The maximum Gasteiger partial charge on any atom is 0.0373 e. The fourth-order valence-corrected chi connectivity index (χ4v) is 2.09. The largest absolute Gasteiger partial charge is 0.369 e. The number of anilines is 1. The lowest BCUT2D eigenvalue weighted by Gasteiger charge is -2.34. The summed E-state index contributed by atoms with van der Waals surface area (Å²) in [6, 6.07) is 8.65. The zero-order valence-corrected chi connectivity index (χ0v) is 10.5. The Morgan fingerprint density at radius 3 is 2.71 bits per heavy atom. The van der Waals surface area contributed by atoms with E-state index in [4.69, 9.17) is 5.73 Å². The quantitative estimate of drug-likeness (QED) is 0.853. The minimum absolute atomic E-state index is 0.596. The van der Waals surface area contributed by atoms with Gasteiger partial charge in [0.05, 0.1) is 0 Å². The number of piperazine rings is 1. The van der Waals surface area contributed by atoms with Crippen LogP contribution in [0.15, 0.2) is 30.3 Å². The first-order valence-electron chi connectivity index (χ1n) is 6.20. The summed E-state index contributed by atoms with van der Waals surface area (Å²) >= 11 is 0. The fourth-order valence-electron chi connectivity index (χ4n) is 2.09. The highest BCUT2D eigenvalue weighted by atomic mass is 15.2. The van der Waals surface area contributed by atoms with Gasteiger partial charge in [-0.1, -0.05) is 24.3 Å². The molecule has 0 aliphatic carbocycles. The van der Waals surface area contributed by atoms with Gasteiger partial charge in [-0.15, -0.1) is 0 Å². The topological polar surface area (TPSA) is 32.5 Å². The van der Waals surface area contributed by atoms with E-state index in [1.165, 1.54) is 11.3 Å². The average Bonchev–Trinajstić information content (AvgIpc) is 2.37. The van der Waals surface area contributed by atoms with Crippen molar-refractivity contribution in [1.29, 1.82) is 0 Å². The monoisotopic (exact) mass is 231 g/mol. The van der Waals surface area contributed by atoms with E-state index < -0.39 is 0 Å². The Morgan fingerprint density at radius 2 is 2.00 bits per heavy atom. The number of nitrogens with two attached hydrogens (primary N) is 1. The van der Waals surface area contributed by atoms with Crippen LogP contribution in [0, 0.1) is 0 Å².